The Morgan fingerprint density at radius 2 is 2.11 bits per heavy atom. The molecule has 4 rings (SSSR count). The first-order valence-corrected chi connectivity index (χ1v) is 10.7. The molecule has 7 nitrogen and oxygen atoms in total. The number of thioether (sulfide) groups is 1. The van der Waals surface area contributed by atoms with Crippen molar-refractivity contribution in [2.45, 2.75) is 32.8 Å². The van der Waals surface area contributed by atoms with Gasteiger partial charge in [-0.1, -0.05) is 0 Å². The molecule has 4 heterocycles. The predicted molar refractivity (Wildman–Crippen MR) is 108 cm³/mol. The molecule has 2 aromatic heterocycles. The lowest BCUT2D eigenvalue weighted by Gasteiger charge is -2.29. The summed E-state index contributed by atoms with van der Waals surface area (Å²) in [6.07, 6.45) is 2.12. The second-order valence-corrected chi connectivity index (χ2v) is 8.32. The van der Waals surface area contributed by atoms with E-state index in [2.05, 4.69) is 32.1 Å². The number of ether oxygens (including phenoxy) is 1. The number of hydrogen-bond donors (Lipinski definition) is 1. The van der Waals surface area contributed by atoms with Crippen LogP contribution in [0, 0.1) is 13.8 Å². The van der Waals surface area contributed by atoms with Crippen LogP contribution in [-0.4, -0.2) is 64.7 Å². The molecular formula is C19H25N5O2S. The van der Waals surface area contributed by atoms with E-state index in [9.17, 15) is 4.79 Å². The number of hydrogen-bond acceptors (Lipinski definition) is 7. The molecule has 0 saturated carbocycles. The van der Waals surface area contributed by atoms with Crippen molar-refractivity contribution < 1.29 is 9.53 Å². The van der Waals surface area contributed by atoms with Crippen molar-refractivity contribution in [2.24, 2.45) is 0 Å². The van der Waals surface area contributed by atoms with Crippen molar-refractivity contribution in [1.29, 1.82) is 0 Å². The number of carbonyl (C=O) groups excluding carboxylic acids is 1. The summed E-state index contributed by atoms with van der Waals surface area (Å²) < 4.78 is 5.58. The Balaban J connectivity index is 1.68. The Bertz CT molecular complexity index is 848. The van der Waals surface area contributed by atoms with Crippen LogP contribution in [0.25, 0.3) is 11.0 Å². The fraction of sp³-hybridized carbons (Fsp3) is 0.579. The van der Waals surface area contributed by atoms with E-state index >= 15 is 0 Å². The van der Waals surface area contributed by atoms with Gasteiger partial charge >= 0.3 is 0 Å². The maximum absolute atomic E-state index is 12.7. The van der Waals surface area contributed by atoms with Crippen LogP contribution in [0.5, 0.6) is 0 Å². The Morgan fingerprint density at radius 1 is 1.30 bits per heavy atom. The highest BCUT2D eigenvalue weighted by Gasteiger charge is 2.23. The standard InChI is InChI=1S/C19H25N5O2S/c1-12-10-13(2)21-16-15(12)18(24-5-8-27-9-6-24)23-17(22-16)19(25)20-11-14-4-3-7-26-14/h10,14H,3-9,11H2,1-2H3,(H,20,25). The monoisotopic (exact) mass is 387 g/mol. The number of fused-ring (bicyclic) bond motifs is 1. The van der Waals surface area contributed by atoms with Crippen molar-refractivity contribution in [1.82, 2.24) is 20.3 Å². The minimum Gasteiger partial charge on any atom is -0.376 e. The molecule has 144 valence electrons. The predicted octanol–water partition coefficient (Wildman–Crippen LogP) is 2.10. The lowest BCUT2D eigenvalue weighted by Crippen LogP contribution is -2.36. The SMILES string of the molecule is Cc1cc(C)c2c(N3CCSCC3)nc(C(=O)NCC3CCCO3)nc2n1. The number of carbonyl (C=O) groups is 1. The zero-order valence-corrected chi connectivity index (χ0v) is 16.6. The first-order valence-electron chi connectivity index (χ1n) is 9.50. The summed E-state index contributed by atoms with van der Waals surface area (Å²) in [5.41, 5.74) is 2.58. The molecule has 2 aliphatic heterocycles. The molecule has 0 aliphatic carbocycles. The number of amides is 1. The minimum atomic E-state index is -0.263. The molecule has 0 aromatic carbocycles. The molecule has 0 spiro atoms. The average Bonchev–Trinajstić information content (AvgIpc) is 3.19. The molecule has 1 N–H and O–H groups in total. The second kappa shape index (κ2) is 7.98. The van der Waals surface area contributed by atoms with Crippen molar-refractivity contribution in [3.05, 3.63) is 23.1 Å². The number of anilines is 1. The van der Waals surface area contributed by atoms with Crippen LogP contribution in [-0.2, 0) is 4.74 Å². The van der Waals surface area contributed by atoms with Crippen LogP contribution in [0.4, 0.5) is 5.82 Å². The van der Waals surface area contributed by atoms with Gasteiger partial charge in [-0.25, -0.2) is 15.0 Å². The summed E-state index contributed by atoms with van der Waals surface area (Å²) in [4.78, 5) is 28.7. The van der Waals surface area contributed by atoms with E-state index in [4.69, 9.17) is 4.74 Å². The molecule has 2 aliphatic rings. The van der Waals surface area contributed by atoms with E-state index in [-0.39, 0.29) is 17.8 Å². The number of nitrogens with one attached hydrogen (secondary N) is 1. The molecule has 0 bridgehead atoms. The highest BCUT2D eigenvalue weighted by molar-refractivity contribution is 7.99. The number of aromatic nitrogens is 3. The number of aryl methyl sites for hydroxylation is 2. The highest BCUT2D eigenvalue weighted by Crippen LogP contribution is 2.28. The summed E-state index contributed by atoms with van der Waals surface area (Å²) in [6.45, 7) is 7.10. The van der Waals surface area contributed by atoms with E-state index in [0.29, 0.717) is 12.2 Å². The fourth-order valence-corrected chi connectivity index (χ4v) is 4.56. The third-order valence-electron chi connectivity index (χ3n) is 5.00. The molecule has 2 fully saturated rings. The number of rotatable bonds is 4. The van der Waals surface area contributed by atoms with Crippen LogP contribution >= 0.6 is 11.8 Å². The largest absolute Gasteiger partial charge is 0.376 e. The third kappa shape index (κ3) is 4.01. The second-order valence-electron chi connectivity index (χ2n) is 7.09. The van der Waals surface area contributed by atoms with Gasteiger partial charge in [0, 0.05) is 43.4 Å². The zero-order valence-electron chi connectivity index (χ0n) is 15.8. The van der Waals surface area contributed by atoms with Crippen molar-refractivity contribution in [3.63, 3.8) is 0 Å². The molecule has 1 amide bonds. The molecule has 0 radical (unpaired) electrons. The van der Waals surface area contributed by atoms with E-state index < -0.39 is 0 Å². The number of pyridine rings is 1. The van der Waals surface area contributed by atoms with Crippen molar-refractivity contribution in [2.75, 3.05) is 42.6 Å². The Morgan fingerprint density at radius 3 is 2.85 bits per heavy atom. The normalized spacial score (nSPS) is 20.2. The smallest absolute Gasteiger partial charge is 0.289 e. The first-order chi connectivity index (χ1) is 13.1. The lowest BCUT2D eigenvalue weighted by molar-refractivity contribution is 0.0849. The van der Waals surface area contributed by atoms with Crippen molar-refractivity contribution in [3.8, 4) is 0 Å². The van der Waals surface area contributed by atoms with Crippen molar-refractivity contribution >= 4 is 34.5 Å². The quantitative estimate of drug-likeness (QED) is 0.860. The van der Waals surface area contributed by atoms with Crippen LogP contribution in [0.3, 0.4) is 0 Å². The molecular weight excluding hydrogens is 362 g/mol. The van der Waals surface area contributed by atoms with E-state index in [1.54, 1.807) is 0 Å². The summed E-state index contributed by atoms with van der Waals surface area (Å²) >= 11 is 1.94. The van der Waals surface area contributed by atoms with Gasteiger partial charge in [-0.05, 0) is 38.3 Å². The lowest BCUT2D eigenvalue weighted by atomic mass is 10.1. The van der Waals surface area contributed by atoms with Crippen LogP contribution in [0.1, 0.15) is 34.7 Å². The van der Waals surface area contributed by atoms with Crippen LogP contribution in [0.15, 0.2) is 6.07 Å². The van der Waals surface area contributed by atoms with Crippen LogP contribution in [0.2, 0.25) is 0 Å². The van der Waals surface area contributed by atoms with Gasteiger partial charge in [0.1, 0.15) is 5.82 Å². The van der Waals surface area contributed by atoms with Gasteiger partial charge in [0.05, 0.1) is 11.5 Å². The number of nitrogens with zero attached hydrogens (tertiary/aromatic N) is 4. The topological polar surface area (TPSA) is 80.2 Å². The van der Waals surface area contributed by atoms with E-state index in [1.807, 2.05) is 24.8 Å². The van der Waals surface area contributed by atoms with Gasteiger partial charge in [-0.2, -0.15) is 11.8 Å². The highest BCUT2D eigenvalue weighted by atomic mass is 32.2. The zero-order chi connectivity index (χ0) is 18.8. The van der Waals surface area contributed by atoms with Gasteiger partial charge in [-0.3, -0.25) is 4.79 Å². The summed E-state index contributed by atoms with van der Waals surface area (Å²) in [7, 11) is 0. The van der Waals surface area contributed by atoms with E-state index in [1.165, 1.54) is 0 Å². The maximum atomic E-state index is 12.7. The molecule has 27 heavy (non-hydrogen) atoms. The molecule has 8 heteroatoms. The Hall–Kier alpha value is -1.93. The average molecular weight is 388 g/mol. The van der Waals surface area contributed by atoms with Gasteiger partial charge in [0.25, 0.3) is 5.91 Å². The molecule has 1 unspecified atom stereocenters. The fourth-order valence-electron chi connectivity index (χ4n) is 3.65. The van der Waals surface area contributed by atoms with Gasteiger partial charge in [0.2, 0.25) is 5.82 Å². The van der Waals surface area contributed by atoms with Gasteiger partial charge in [-0.15, -0.1) is 0 Å². The molecule has 1 atom stereocenters. The van der Waals surface area contributed by atoms with E-state index in [0.717, 1.165) is 66.5 Å². The first kappa shape index (κ1) is 18.4. The van der Waals surface area contributed by atoms with Gasteiger partial charge in [0.15, 0.2) is 5.65 Å². The Labute approximate surface area is 163 Å². The maximum Gasteiger partial charge on any atom is 0.289 e. The summed E-state index contributed by atoms with van der Waals surface area (Å²) in [5, 5.41) is 3.87. The Kier molecular flexibility index (Phi) is 5.45. The van der Waals surface area contributed by atoms with Gasteiger partial charge < -0.3 is 15.0 Å². The minimum absolute atomic E-state index is 0.0932. The molecule has 2 aromatic rings. The summed E-state index contributed by atoms with van der Waals surface area (Å²) in [5.74, 6) is 2.87. The third-order valence-corrected chi connectivity index (χ3v) is 5.94. The molecule has 2 saturated heterocycles. The summed E-state index contributed by atoms with van der Waals surface area (Å²) in [6, 6.07) is 2.05. The van der Waals surface area contributed by atoms with Crippen LogP contribution < -0.4 is 10.2 Å².